The minimum Gasteiger partial charge on any atom is -0.463 e. The van der Waals surface area contributed by atoms with Crippen LogP contribution in [-0.4, -0.2) is 126 Å². The van der Waals surface area contributed by atoms with Gasteiger partial charge in [0.25, 0.3) is 0 Å². The summed E-state index contributed by atoms with van der Waals surface area (Å²) in [7, 11) is 0. The van der Waals surface area contributed by atoms with E-state index < -0.39 is 61.4 Å². The first-order chi connectivity index (χ1) is 54.7. The Balaban J connectivity index is 2.57. The monoisotopic (exact) mass is 1580 g/mol. The lowest BCUT2D eigenvalue weighted by atomic mass is 9.91. The van der Waals surface area contributed by atoms with Gasteiger partial charge in [0.15, 0.2) is 12.6 Å². The Morgan fingerprint density at radius 2 is 0.405 bits per heavy atom. The molecule has 0 saturated carbocycles. The first-order valence-corrected chi connectivity index (χ1v) is 49.7. The molecule has 13 nitrogen and oxygen atoms in total. The topological polar surface area (TPSA) is 136 Å². The highest BCUT2D eigenvalue weighted by atomic mass is 16.8. The van der Waals surface area contributed by atoms with Crippen LogP contribution < -0.4 is 0 Å². The molecule has 0 bridgehead atoms. The lowest BCUT2D eigenvalue weighted by Crippen LogP contribution is -2.66. The van der Waals surface area contributed by atoms with Gasteiger partial charge >= 0.3 is 11.9 Å². The van der Waals surface area contributed by atoms with E-state index >= 15 is 0 Å². The summed E-state index contributed by atoms with van der Waals surface area (Å²) in [6.45, 7) is 25.1. The highest BCUT2D eigenvalue weighted by Crippen LogP contribution is 2.37. The summed E-state index contributed by atoms with van der Waals surface area (Å²) in [5, 5.41) is 0. The van der Waals surface area contributed by atoms with Crippen molar-refractivity contribution in [2.75, 3.05) is 52.9 Å². The zero-order valence-corrected chi connectivity index (χ0v) is 75.6. The molecule has 2 heterocycles. The van der Waals surface area contributed by atoms with Crippen molar-refractivity contribution >= 4 is 11.9 Å². The normalized spacial score (nSPS) is 20.2. The smallest absolute Gasteiger partial charge is 0.306 e. The van der Waals surface area contributed by atoms with E-state index in [1.54, 1.807) is 0 Å². The van der Waals surface area contributed by atoms with E-state index in [9.17, 15) is 9.59 Å². The van der Waals surface area contributed by atoms with Crippen molar-refractivity contribution in [2.24, 2.45) is 11.8 Å². The summed E-state index contributed by atoms with van der Waals surface area (Å²) in [6.07, 6.45) is 71.3. The van der Waals surface area contributed by atoms with Crippen molar-refractivity contribution in [1.29, 1.82) is 0 Å². The number of hydrogen-bond acceptors (Lipinski definition) is 13. The maximum atomic E-state index is 14.6. The number of esters is 2. The maximum absolute atomic E-state index is 14.6. The molecular formula is C98H190O13. The average molecular weight is 1580 g/mol. The van der Waals surface area contributed by atoms with Crippen LogP contribution in [0.2, 0.25) is 0 Å². The van der Waals surface area contributed by atoms with E-state index in [4.69, 9.17) is 52.1 Å². The van der Waals surface area contributed by atoms with Gasteiger partial charge < -0.3 is 52.1 Å². The third-order valence-corrected chi connectivity index (χ3v) is 23.9. The molecule has 660 valence electrons. The second-order valence-electron chi connectivity index (χ2n) is 34.6. The third kappa shape index (κ3) is 57.4. The predicted octanol–water partition coefficient (Wildman–Crippen LogP) is 29.0. The molecule has 0 aliphatic carbocycles. The summed E-state index contributed by atoms with van der Waals surface area (Å²) in [4.78, 5) is 29.3. The molecule has 0 aromatic carbocycles. The number of ether oxygens (including phenoxy) is 11. The van der Waals surface area contributed by atoms with Crippen LogP contribution in [0.5, 0.6) is 0 Å². The summed E-state index contributed by atoms with van der Waals surface area (Å²) in [5.41, 5.74) is 0. The van der Waals surface area contributed by atoms with E-state index in [1.165, 1.54) is 283 Å². The summed E-state index contributed by atoms with van der Waals surface area (Å²) in [5.74, 6) is 0.161. The highest BCUT2D eigenvalue weighted by Gasteiger charge is 2.54. The van der Waals surface area contributed by atoms with Crippen LogP contribution in [0.3, 0.4) is 0 Å². The minimum atomic E-state index is -1.06. The van der Waals surface area contributed by atoms with Gasteiger partial charge in [-0.2, -0.15) is 0 Å². The SMILES string of the molecule is CCCCCCCCCCCCCCC(CCCCCCCCCCCCCC)CC(=O)OCC1O[C@H](O[C@H]2OC(COC(=O)CC(CCCCCCCCCCCCCC)CCCCCCCCCCCCCC)[C@@H](OCCCC)[C@H](OCCCC)C2OCCCC)C(OCCCC)[C@@H](OCCCC)[C@@H]1OCCCC. The fourth-order valence-electron chi connectivity index (χ4n) is 16.4. The van der Waals surface area contributed by atoms with Crippen molar-refractivity contribution in [3.8, 4) is 0 Å². The minimum absolute atomic E-state index is 0.0228. The molecule has 0 aromatic rings. The van der Waals surface area contributed by atoms with Gasteiger partial charge in [0.05, 0.1) is 0 Å². The lowest BCUT2D eigenvalue weighted by Gasteiger charge is -2.49. The van der Waals surface area contributed by atoms with Gasteiger partial charge in [0.2, 0.25) is 0 Å². The van der Waals surface area contributed by atoms with Gasteiger partial charge in [0, 0.05) is 52.5 Å². The largest absolute Gasteiger partial charge is 0.463 e. The Labute approximate surface area is 689 Å². The molecule has 0 N–H and O–H groups in total. The number of hydrogen-bond donors (Lipinski definition) is 0. The number of unbranched alkanes of at least 4 members (excludes halogenated alkanes) is 50. The van der Waals surface area contributed by atoms with Gasteiger partial charge in [-0.3, -0.25) is 9.59 Å². The predicted molar refractivity (Wildman–Crippen MR) is 467 cm³/mol. The fraction of sp³-hybridized carbons (Fsp3) is 0.980. The number of carbonyl (C=O) groups is 2. The van der Waals surface area contributed by atoms with Crippen molar-refractivity contribution < 1.29 is 61.7 Å². The van der Waals surface area contributed by atoms with Crippen LogP contribution in [0, 0.1) is 11.8 Å². The van der Waals surface area contributed by atoms with Crippen LogP contribution in [0.1, 0.15) is 493 Å². The van der Waals surface area contributed by atoms with E-state index in [1.807, 2.05) is 0 Å². The van der Waals surface area contributed by atoms with Crippen LogP contribution >= 0.6 is 0 Å². The van der Waals surface area contributed by atoms with Crippen molar-refractivity contribution in [1.82, 2.24) is 0 Å². The van der Waals surface area contributed by atoms with Gasteiger partial charge in [-0.25, -0.2) is 0 Å². The Morgan fingerprint density at radius 3 is 0.613 bits per heavy atom. The van der Waals surface area contributed by atoms with Crippen molar-refractivity contribution in [2.45, 2.75) is 554 Å². The Morgan fingerprint density at radius 1 is 0.225 bits per heavy atom. The first kappa shape index (κ1) is 106. The molecule has 2 aliphatic heterocycles. The maximum Gasteiger partial charge on any atom is 0.306 e. The summed E-state index contributed by atoms with van der Waals surface area (Å²) >= 11 is 0. The lowest BCUT2D eigenvalue weighted by molar-refractivity contribution is -0.390. The molecule has 2 fully saturated rings. The highest BCUT2D eigenvalue weighted by molar-refractivity contribution is 5.70. The second-order valence-corrected chi connectivity index (χ2v) is 34.6. The van der Waals surface area contributed by atoms with E-state index in [2.05, 4.69) is 69.2 Å². The third-order valence-electron chi connectivity index (χ3n) is 23.9. The summed E-state index contributed by atoms with van der Waals surface area (Å²) < 4.78 is 77.1. The molecule has 10 atom stereocenters. The molecule has 0 radical (unpaired) electrons. The zero-order chi connectivity index (χ0) is 80.2. The van der Waals surface area contributed by atoms with Crippen LogP contribution in [0.4, 0.5) is 0 Å². The van der Waals surface area contributed by atoms with E-state index in [0.29, 0.717) is 52.5 Å². The Bertz CT molecular complexity index is 1740. The van der Waals surface area contributed by atoms with Crippen LogP contribution in [-0.2, 0) is 61.7 Å². The van der Waals surface area contributed by atoms with Gasteiger partial charge in [-0.15, -0.1) is 0 Å². The number of carbonyl (C=O) groups excluding carboxylic acids is 2. The Hall–Kier alpha value is -1.42. The molecule has 0 aromatic heterocycles. The average Bonchev–Trinajstić information content (AvgIpc) is 0.773. The zero-order valence-electron chi connectivity index (χ0n) is 75.6. The molecule has 0 amide bonds. The van der Waals surface area contributed by atoms with E-state index in [-0.39, 0.29) is 37.0 Å². The van der Waals surface area contributed by atoms with E-state index in [0.717, 1.165) is 128 Å². The molecule has 2 rings (SSSR count). The molecule has 0 spiro atoms. The summed E-state index contributed by atoms with van der Waals surface area (Å²) in [6, 6.07) is 0. The van der Waals surface area contributed by atoms with Gasteiger partial charge in [0.1, 0.15) is 62.0 Å². The molecule has 2 saturated heterocycles. The van der Waals surface area contributed by atoms with Crippen LogP contribution in [0.15, 0.2) is 0 Å². The quantitative estimate of drug-likeness (QED) is 0.0423. The van der Waals surface area contributed by atoms with Gasteiger partial charge in [-0.05, 0) is 76.0 Å². The molecule has 2 aliphatic rings. The molecule has 111 heavy (non-hydrogen) atoms. The molecule has 4 unspecified atom stereocenters. The molecular weight excluding hydrogens is 1390 g/mol. The second kappa shape index (κ2) is 79.7. The number of rotatable bonds is 86. The van der Waals surface area contributed by atoms with Gasteiger partial charge in [-0.1, -0.05) is 416 Å². The molecule has 13 heteroatoms. The van der Waals surface area contributed by atoms with Crippen molar-refractivity contribution in [3.63, 3.8) is 0 Å². The van der Waals surface area contributed by atoms with Crippen LogP contribution in [0.25, 0.3) is 0 Å². The van der Waals surface area contributed by atoms with Crippen molar-refractivity contribution in [3.05, 3.63) is 0 Å². The fourth-order valence-corrected chi connectivity index (χ4v) is 16.4. The standard InChI is InChI=1S/C98H190O13/c1-11-21-31-35-39-43-47-51-55-59-63-67-71-85(72-68-64-60-56-52-48-44-40-36-32-22-12-2)81-89(99)107-83-87-91(101-75-25-15-5)93(103-77-27-17-7)95(105-79-29-19-9)97(109-87)111-98-96(106-80-30-20-10)94(104-78-28-18-8)92(102-76-26-16-6)88(110-98)84-108-90(100)82-86(73-69-65-61-57-53-49-45-41-37-33-23-13-3)74-70-66-62-58-54-50-46-42-38-34-24-14-4/h85-88,91-98H,11-84H2,1-10H3/t87?,88?,91-,92-,93+,94+,95?,96?,97-,98-/m1/s1. The Kier molecular flexibility index (Phi) is 75.8. The first-order valence-electron chi connectivity index (χ1n) is 49.7.